The predicted molar refractivity (Wildman–Crippen MR) is 22.2 cm³/mol. The molecule has 4 heteroatoms. The van der Waals surface area contributed by atoms with Crippen LogP contribution in [0.1, 0.15) is 0 Å². The molecule has 0 unspecified atom stereocenters. The Balaban J connectivity index is 3.30. The average molecular weight is 87.1 g/mol. The fourth-order valence-electron chi connectivity index (χ4n) is 0.0622. The van der Waals surface area contributed by atoms with E-state index in [1.165, 1.54) is 0 Å². The maximum atomic E-state index is 7.59. The number of nitrogens with zero attached hydrogens (tertiary/aromatic N) is 1. The highest BCUT2D eigenvalue weighted by atomic mass is 16.4. The zero-order chi connectivity index (χ0) is 4.99. The van der Waals surface area contributed by atoms with Gasteiger partial charge in [-0.05, 0) is 0 Å². The van der Waals surface area contributed by atoms with Gasteiger partial charge < -0.3 is 10.9 Å². The minimum atomic E-state index is -0.252. The Morgan fingerprint density at radius 2 is 2.50 bits per heavy atom. The van der Waals surface area contributed by atoms with Crippen molar-refractivity contribution in [2.75, 3.05) is 0 Å². The second-order valence-corrected chi connectivity index (χ2v) is 0.700. The minimum Gasteiger partial charge on any atom is -0.411 e. The lowest BCUT2D eigenvalue weighted by atomic mass is 10.7. The molecule has 0 rings (SSSR count). The van der Waals surface area contributed by atoms with Crippen LogP contribution in [0, 0.1) is 5.41 Å². The molecule has 0 aromatic heterocycles. The number of rotatable bonds is 1. The molecule has 0 radical (unpaired) electrons. The van der Waals surface area contributed by atoms with Crippen LogP contribution >= 0.6 is 0 Å². The zero-order valence-electron chi connectivity index (χ0n) is 3.05. The van der Waals surface area contributed by atoms with E-state index in [1.807, 2.05) is 0 Å². The van der Waals surface area contributed by atoms with Crippen LogP contribution in [-0.2, 0) is 0 Å². The van der Waals surface area contributed by atoms with Crippen molar-refractivity contribution < 1.29 is 5.21 Å². The summed E-state index contributed by atoms with van der Waals surface area (Å²) in [4.78, 5) is 0. The molecular weight excluding hydrogens is 82.0 g/mol. The summed E-state index contributed by atoms with van der Waals surface area (Å²) >= 11 is 0. The summed E-state index contributed by atoms with van der Waals surface area (Å²) in [7, 11) is 0. The average Bonchev–Trinajstić information content (AvgIpc) is 1.35. The molecule has 0 saturated carbocycles. The number of amidine groups is 1. The lowest BCUT2D eigenvalue weighted by Crippen LogP contribution is -2.09. The van der Waals surface area contributed by atoms with Gasteiger partial charge >= 0.3 is 0 Å². The van der Waals surface area contributed by atoms with Gasteiger partial charge in [0.25, 0.3) is 0 Å². The summed E-state index contributed by atoms with van der Waals surface area (Å²) in [5.41, 5.74) is 4.68. The Kier molecular flexibility index (Phi) is 1.81. The van der Waals surface area contributed by atoms with Crippen LogP contribution < -0.4 is 5.73 Å². The van der Waals surface area contributed by atoms with E-state index in [0.717, 1.165) is 6.21 Å². The van der Waals surface area contributed by atoms with E-state index in [4.69, 9.17) is 10.6 Å². The van der Waals surface area contributed by atoms with Crippen molar-refractivity contribution in [3.05, 3.63) is 0 Å². The number of oxime groups is 1. The van der Waals surface area contributed by atoms with Gasteiger partial charge in [-0.2, -0.15) is 0 Å². The Bertz CT molecular complexity index is 76.9. The molecule has 0 fully saturated rings. The topological polar surface area (TPSA) is 82.5 Å². The van der Waals surface area contributed by atoms with Crippen molar-refractivity contribution >= 4 is 12.1 Å². The molecule has 34 valence electrons. The molecule has 0 saturated heterocycles. The molecule has 6 heavy (non-hydrogen) atoms. The molecular formula is C2H5N3O. The highest BCUT2D eigenvalue weighted by Gasteiger charge is 1.70. The van der Waals surface area contributed by atoms with E-state index in [0.29, 0.717) is 0 Å². The van der Waals surface area contributed by atoms with Crippen LogP contribution in [0.2, 0.25) is 0 Å². The Morgan fingerprint density at radius 3 is 2.50 bits per heavy atom. The minimum absolute atomic E-state index is 0.252. The molecule has 0 amide bonds. The summed E-state index contributed by atoms with van der Waals surface area (Å²) in [6.45, 7) is 0. The van der Waals surface area contributed by atoms with Crippen molar-refractivity contribution in [3.63, 3.8) is 0 Å². The van der Waals surface area contributed by atoms with Crippen molar-refractivity contribution in [3.8, 4) is 0 Å². The fourth-order valence-corrected chi connectivity index (χ4v) is 0.0622. The smallest absolute Gasteiger partial charge is 0.137 e. The first-order valence-corrected chi connectivity index (χ1v) is 1.29. The number of hydrogen-bond acceptors (Lipinski definition) is 3. The van der Waals surface area contributed by atoms with Crippen LogP contribution in [0.25, 0.3) is 0 Å². The van der Waals surface area contributed by atoms with Crippen LogP contribution in [0.15, 0.2) is 5.16 Å². The van der Waals surface area contributed by atoms with Crippen LogP contribution in [0.3, 0.4) is 0 Å². The number of hydrogen-bond donors (Lipinski definition) is 3. The molecule has 4 nitrogen and oxygen atoms in total. The molecule has 0 aliphatic carbocycles. The van der Waals surface area contributed by atoms with Crippen molar-refractivity contribution in [2.24, 2.45) is 10.9 Å². The molecule has 4 N–H and O–H groups in total. The second kappa shape index (κ2) is 2.19. The first-order chi connectivity index (χ1) is 2.77. The SMILES string of the molecule is N=C(N)C=NO. The second-order valence-electron chi connectivity index (χ2n) is 0.700. The third kappa shape index (κ3) is 2.94. The van der Waals surface area contributed by atoms with Crippen LogP contribution in [0.4, 0.5) is 0 Å². The standard InChI is InChI=1S/C2H5N3O/c3-2(4)1-5-6/h1,6H,(H3,3,4). The van der Waals surface area contributed by atoms with Crippen molar-refractivity contribution in [2.45, 2.75) is 0 Å². The third-order valence-corrected chi connectivity index (χ3v) is 0.197. The van der Waals surface area contributed by atoms with Gasteiger partial charge in [0.05, 0.1) is 0 Å². The van der Waals surface area contributed by atoms with Gasteiger partial charge in [-0.15, -0.1) is 0 Å². The normalized spacial score (nSPS) is 9.33. The number of nitrogens with two attached hydrogens (primary N) is 1. The Labute approximate surface area is 34.8 Å². The molecule has 0 aromatic carbocycles. The predicted octanol–water partition coefficient (Wildman–Crippen LogP) is -0.618. The van der Waals surface area contributed by atoms with Gasteiger partial charge in [0.2, 0.25) is 0 Å². The van der Waals surface area contributed by atoms with Gasteiger partial charge in [0.1, 0.15) is 12.1 Å². The van der Waals surface area contributed by atoms with E-state index < -0.39 is 0 Å². The van der Waals surface area contributed by atoms with E-state index in [-0.39, 0.29) is 5.84 Å². The molecule has 0 spiro atoms. The van der Waals surface area contributed by atoms with E-state index in [1.54, 1.807) is 0 Å². The maximum absolute atomic E-state index is 7.59. The third-order valence-electron chi connectivity index (χ3n) is 0.197. The largest absolute Gasteiger partial charge is 0.411 e. The highest BCUT2D eigenvalue weighted by molar-refractivity contribution is 6.26. The molecule has 0 aliphatic rings. The molecule has 0 atom stereocenters. The number of nitrogens with one attached hydrogen (secondary N) is 1. The summed E-state index contributed by atoms with van der Waals surface area (Å²) in [5.74, 6) is -0.252. The summed E-state index contributed by atoms with van der Waals surface area (Å²) in [6.07, 6.45) is 0.833. The molecule has 0 aromatic rings. The Morgan fingerprint density at radius 1 is 2.00 bits per heavy atom. The van der Waals surface area contributed by atoms with E-state index >= 15 is 0 Å². The van der Waals surface area contributed by atoms with Gasteiger partial charge in [-0.1, -0.05) is 5.16 Å². The van der Waals surface area contributed by atoms with Crippen molar-refractivity contribution in [1.82, 2.24) is 0 Å². The Hall–Kier alpha value is -1.06. The van der Waals surface area contributed by atoms with E-state index in [9.17, 15) is 0 Å². The fraction of sp³-hybridized carbons (Fsp3) is 0. The summed E-state index contributed by atoms with van der Waals surface area (Å²) < 4.78 is 0. The maximum Gasteiger partial charge on any atom is 0.137 e. The molecule has 0 bridgehead atoms. The lowest BCUT2D eigenvalue weighted by molar-refractivity contribution is 0.322. The molecule has 0 aliphatic heterocycles. The summed E-state index contributed by atoms with van der Waals surface area (Å²) in [6, 6.07) is 0. The van der Waals surface area contributed by atoms with Gasteiger partial charge in [0.15, 0.2) is 0 Å². The lowest BCUT2D eigenvalue weighted by Gasteiger charge is -1.73. The first-order valence-electron chi connectivity index (χ1n) is 1.29. The van der Waals surface area contributed by atoms with Gasteiger partial charge in [-0.25, -0.2) is 0 Å². The first kappa shape index (κ1) is 4.94. The van der Waals surface area contributed by atoms with Gasteiger partial charge in [-0.3, -0.25) is 5.41 Å². The monoisotopic (exact) mass is 87.0 g/mol. The van der Waals surface area contributed by atoms with Crippen molar-refractivity contribution in [1.29, 1.82) is 5.41 Å². The molecule has 0 heterocycles. The highest BCUT2D eigenvalue weighted by Crippen LogP contribution is 1.46. The van der Waals surface area contributed by atoms with E-state index in [2.05, 4.69) is 10.9 Å². The summed E-state index contributed by atoms with van der Waals surface area (Å²) in [5, 5.41) is 16.4. The quantitative estimate of drug-likeness (QED) is 0.172. The van der Waals surface area contributed by atoms with Gasteiger partial charge in [0, 0.05) is 0 Å². The van der Waals surface area contributed by atoms with Crippen LogP contribution in [-0.4, -0.2) is 17.3 Å². The van der Waals surface area contributed by atoms with Crippen LogP contribution in [0.5, 0.6) is 0 Å². The zero-order valence-corrected chi connectivity index (χ0v) is 3.05.